The molecular weight excluding hydrogens is 194 g/mol. The number of hydrogen-bond acceptors (Lipinski definition) is 1. The quantitative estimate of drug-likeness (QED) is 0.682. The van der Waals surface area contributed by atoms with E-state index in [4.69, 9.17) is 11.6 Å². The average Bonchev–Trinajstić information content (AvgIpc) is 2.47. The van der Waals surface area contributed by atoms with Gasteiger partial charge in [-0.15, -0.1) is 0 Å². The maximum atomic E-state index is 5.86. The Bertz CT molecular complexity index is 273. The largest absolute Gasteiger partial charge is 0.372 e. The molecule has 1 heterocycles. The van der Waals surface area contributed by atoms with E-state index in [1.165, 1.54) is 44.5 Å². The highest BCUT2D eigenvalue weighted by Gasteiger charge is 2.08. The monoisotopic (exact) mass is 209 g/mol. The molecule has 1 nitrogen and oxygen atoms in total. The lowest BCUT2D eigenvalue weighted by Gasteiger charge is -2.22. The van der Waals surface area contributed by atoms with Crippen molar-refractivity contribution in [2.45, 2.75) is 25.7 Å². The minimum absolute atomic E-state index is 0.823. The zero-order valence-corrected chi connectivity index (χ0v) is 9.13. The van der Waals surface area contributed by atoms with E-state index < -0.39 is 0 Å². The maximum Gasteiger partial charge on any atom is 0.0407 e. The van der Waals surface area contributed by atoms with Crippen molar-refractivity contribution < 1.29 is 0 Å². The van der Waals surface area contributed by atoms with Crippen LogP contribution >= 0.6 is 11.6 Å². The van der Waals surface area contributed by atoms with Crippen molar-refractivity contribution in [3.63, 3.8) is 0 Å². The Morgan fingerprint density at radius 2 is 1.43 bits per heavy atom. The van der Waals surface area contributed by atoms with Gasteiger partial charge in [-0.2, -0.15) is 0 Å². The molecule has 0 aromatic heterocycles. The Balaban J connectivity index is 2.08. The van der Waals surface area contributed by atoms with Crippen LogP contribution in [0, 0.1) is 0 Å². The number of hydrogen-bond donors (Lipinski definition) is 0. The molecule has 76 valence electrons. The van der Waals surface area contributed by atoms with Crippen LogP contribution in [0.2, 0.25) is 5.02 Å². The van der Waals surface area contributed by atoms with Gasteiger partial charge >= 0.3 is 0 Å². The van der Waals surface area contributed by atoms with Gasteiger partial charge in [0.2, 0.25) is 0 Å². The molecule has 0 unspecified atom stereocenters. The molecular formula is C12H16ClN. The highest BCUT2D eigenvalue weighted by atomic mass is 35.5. The molecule has 0 N–H and O–H groups in total. The number of anilines is 1. The summed E-state index contributed by atoms with van der Waals surface area (Å²) in [5, 5.41) is 0.823. The van der Waals surface area contributed by atoms with Crippen molar-refractivity contribution in [1.29, 1.82) is 0 Å². The van der Waals surface area contributed by atoms with E-state index in [2.05, 4.69) is 17.0 Å². The third kappa shape index (κ3) is 2.42. The van der Waals surface area contributed by atoms with E-state index in [0.29, 0.717) is 0 Å². The van der Waals surface area contributed by atoms with Gasteiger partial charge in [0.1, 0.15) is 0 Å². The normalized spacial score (nSPS) is 17.9. The molecule has 2 heteroatoms. The molecule has 1 aromatic rings. The summed E-state index contributed by atoms with van der Waals surface area (Å²) in [6.07, 6.45) is 5.40. The Morgan fingerprint density at radius 1 is 0.857 bits per heavy atom. The third-order valence-corrected chi connectivity index (χ3v) is 3.05. The maximum absolute atomic E-state index is 5.86. The zero-order chi connectivity index (χ0) is 9.80. The number of benzene rings is 1. The Labute approximate surface area is 90.7 Å². The summed E-state index contributed by atoms with van der Waals surface area (Å²) in [6.45, 7) is 2.39. The van der Waals surface area contributed by atoms with Crippen LogP contribution in [0.4, 0.5) is 5.69 Å². The van der Waals surface area contributed by atoms with Crippen molar-refractivity contribution in [2.24, 2.45) is 0 Å². The highest BCUT2D eigenvalue weighted by Crippen LogP contribution is 2.21. The highest BCUT2D eigenvalue weighted by molar-refractivity contribution is 6.30. The molecule has 0 spiro atoms. The van der Waals surface area contributed by atoms with Gasteiger partial charge in [-0.1, -0.05) is 24.4 Å². The standard InChI is InChI=1S/C12H16ClN/c13-11-5-7-12(8-6-11)14-9-3-1-2-4-10-14/h5-8H,1-4,9-10H2. The molecule has 0 radical (unpaired) electrons. The first kappa shape index (κ1) is 9.85. The number of halogens is 1. The van der Waals surface area contributed by atoms with E-state index >= 15 is 0 Å². The summed E-state index contributed by atoms with van der Waals surface area (Å²) >= 11 is 5.86. The zero-order valence-electron chi connectivity index (χ0n) is 8.38. The van der Waals surface area contributed by atoms with Crippen LogP contribution in [0.1, 0.15) is 25.7 Å². The second-order valence-electron chi connectivity index (χ2n) is 3.88. The summed E-state index contributed by atoms with van der Waals surface area (Å²) in [5.41, 5.74) is 1.32. The Hall–Kier alpha value is -0.690. The van der Waals surface area contributed by atoms with E-state index in [1.54, 1.807) is 0 Å². The molecule has 0 aliphatic carbocycles. The second-order valence-corrected chi connectivity index (χ2v) is 4.31. The minimum atomic E-state index is 0.823. The third-order valence-electron chi connectivity index (χ3n) is 2.80. The van der Waals surface area contributed by atoms with E-state index in [9.17, 15) is 0 Å². The van der Waals surface area contributed by atoms with Gasteiger partial charge in [0.25, 0.3) is 0 Å². The second kappa shape index (κ2) is 4.70. The van der Waals surface area contributed by atoms with Gasteiger partial charge in [0.15, 0.2) is 0 Å². The molecule has 0 bridgehead atoms. The van der Waals surface area contributed by atoms with Crippen LogP contribution < -0.4 is 4.90 Å². The minimum Gasteiger partial charge on any atom is -0.372 e. The van der Waals surface area contributed by atoms with Crippen LogP contribution in [0.3, 0.4) is 0 Å². The first-order valence-corrected chi connectivity index (χ1v) is 5.74. The molecule has 1 aromatic carbocycles. The molecule has 0 amide bonds. The number of nitrogens with zero attached hydrogens (tertiary/aromatic N) is 1. The lowest BCUT2D eigenvalue weighted by molar-refractivity contribution is 0.726. The van der Waals surface area contributed by atoms with Crippen molar-refractivity contribution in [1.82, 2.24) is 0 Å². The van der Waals surface area contributed by atoms with Crippen LogP contribution in [0.25, 0.3) is 0 Å². The average molecular weight is 210 g/mol. The van der Waals surface area contributed by atoms with Crippen molar-refractivity contribution in [3.8, 4) is 0 Å². The van der Waals surface area contributed by atoms with Gasteiger partial charge in [0.05, 0.1) is 0 Å². The smallest absolute Gasteiger partial charge is 0.0407 e. The first-order chi connectivity index (χ1) is 6.86. The fourth-order valence-corrected chi connectivity index (χ4v) is 2.11. The van der Waals surface area contributed by atoms with Crippen LogP contribution in [0.15, 0.2) is 24.3 Å². The van der Waals surface area contributed by atoms with E-state index in [0.717, 1.165) is 5.02 Å². The van der Waals surface area contributed by atoms with Crippen molar-refractivity contribution in [3.05, 3.63) is 29.3 Å². The predicted molar refractivity (Wildman–Crippen MR) is 62.1 cm³/mol. The van der Waals surface area contributed by atoms with E-state index in [-0.39, 0.29) is 0 Å². The topological polar surface area (TPSA) is 3.24 Å². The fourth-order valence-electron chi connectivity index (χ4n) is 1.98. The molecule has 1 fully saturated rings. The summed E-state index contributed by atoms with van der Waals surface area (Å²) in [5.74, 6) is 0. The van der Waals surface area contributed by atoms with E-state index in [1.807, 2.05) is 12.1 Å². The van der Waals surface area contributed by atoms with Crippen molar-refractivity contribution in [2.75, 3.05) is 18.0 Å². The van der Waals surface area contributed by atoms with Crippen molar-refractivity contribution >= 4 is 17.3 Å². The van der Waals surface area contributed by atoms with Gasteiger partial charge in [0, 0.05) is 23.8 Å². The first-order valence-electron chi connectivity index (χ1n) is 5.37. The Morgan fingerprint density at radius 3 is 2.00 bits per heavy atom. The molecule has 0 saturated carbocycles. The van der Waals surface area contributed by atoms with Crippen LogP contribution in [0.5, 0.6) is 0 Å². The van der Waals surface area contributed by atoms with Crippen LogP contribution in [-0.2, 0) is 0 Å². The summed E-state index contributed by atoms with van der Waals surface area (Å²) in [4.78, 5) is 2.46. The lowest BCUT2D eigenvalue weighted by Crippen LogP contribution is -2.23. The Kier molecular flexibility index (Phi) is 3.30. The molecule has 1 aliphatic heterocycles. The molecule has 1 aliphatic rings. The SMILES string of the molecule is Clc1ccc(N2CCCCCC2)cc1. The van der Waals surface area contributed by atoms with Gasteiger partial charge in [-0.3, -0.25) is 0 Å². The number of rotatable bonds is 1. The molecule has 0 atom stereocenters. The van der Waals surface area contributed by atoms with Gasteiger partial charge < -0.3 is 4.90 Å². The van der Waals surface area contributed by atoms with Gasteiger partial charge in [-0.25, -0.2) is 0 Å². The molecule has 14 heavy (non-hydrogen) atoms. The fraction of sp³-hybridized carbons (Fsp3) is 0.500. The summed E-state index contributed by atoms with van der Waals surface area (Å²) in [6, 6.07) is 8.19. The molecule has 1 saturated heterocycles. The lowest BCUT2D eigenvalue weighted by atomic mass is 10.2. The van der Waals surface area contributed by atoms with Gasteiger partial charge in [-0.05, 0) is 37.1 Å². The summed E-state index contributed by atoms with van der Waals surface area (Å²) < 4.78 is 0. The molecule has 2 rings (SSSR count). The predicted octanol–water partition coefficient (Wildman–Crippen LogP) is 3.72. The van der Waals surface area contributed by atoms with Crippen LogP contribution in [-0.4, -0.2) is 13.1 Å². The summed E-state index contributed by atoms with van der Waals surface area (Å²) in [7, 11) is 0.